The molecule has 8 heavy (non-hydrogen) atoms. The molecule has 0 aliphatic carbocycles. The lowest BCUT2D eigenvalue weighted by Crippen LogP contribution is -2.34. The van der Waals surface area contributed by atoms with Crippen LogP contribution in [0, 0.1) is 5.92 Å². The lowest BCUT2D eigenvalue weighted by Gasteiger charge is -2.07. The molecule has 0 saturated heterocycles. The smallest absolute Gasteiger partial charge is 0.320 e. The van der Waals surface area contributed by atoms with E-state index in [1.54, 1.807) is 13.8 Å². The quantitative estimate of drug-likeness (QED) is 0.399. The van der Waals surface area contributed by atoms with Crippen LogP contribution in [0.25, 0.3) is 0 Å². The Morgan fingerprint density at radius 2 is 2.00 bits per heavy atom. The number of rotatable bonds is 2. The molecule has 0 aromatic rings. The minimum Gasteiger partial charge on any atom is -0.480 e. The third-order valence-corrected chi connectivity index (χ3v) is 1.00. The first kappa shape index (κ1) is 7.43. The SMILES string of the molecule is CC([13CH3])[C@H]([15NH2])C(=O)O. The van der Waals surface area contributed by atoms with E-state index in [1.165, 1.54) is 0 Å². The Hall–Kier alpha value is -0.570. The number of hydrogen-bond acceptors (Lipinski definition) is 2. The zero-order chi connectivity index (χ0) is 6.73. The van der Waals surface area contributed by atoms with Gasteiger partial charge in [0.2, 0.25) is 0 Å². The van der Waals surface area contributed by atoms with Crippen LogP contribution in [0.2, 0.25) is 0 Å². The molecule has 0 fully saturated rings. The molecule has 0 spiro atoms. The fraction of sp³-hybridized carbons (Fsp3) is 0.800. The normalized spacial score (nSPS) is 17.4. The van der Waals surface area contributed by atoms with Crippen molar-refractivity contribution in [3.05, 3.63) is 0 Å². The van der Waals surface area contributed by atoms with Gasteiger partial charge in [0.1, 0.15) is 6.04 Å². The molecule has 0 rings (SSSR count). The van der Waals surface area contributed by atoms with E-state index in [9.17, 15) is 4.79 Å². The van der Waals surface area contributed by atoms with Gasteiger partial charge in [-0.3, -0.25) is 4.79 Å². The van der Waals surface area contributed by atoms with Crippen LogP contribution in [0.3, 0.4) is 0 Å². The van der Waals surface area contributed by atoms with Crippen LogP contribution in [0.15, 0.2) is 0 Å². The molecule has 3 nitrogen and oxygen atoms in total. The largest absolute Gasteiger partial charge is 0.480 e. The predicted octanol–water partition coefficient (Wildman–Crippen LogP) is 0.0543. The molecule has 48 valence electrons. The van der Waals surface area contributed by atoms with Crippen LogP contribution < -0.4 is 5.73 Å². The molecule has 0 amide bonds. The topological polar surface area (TPSA) is 63.3 Å². The minimum absolute atomic E-state index is 0.0208. The second-order valence-corrected chi connectivity index (χ2v) is 2.11. The van der Waals surface area contributed by atoms with Crippen molar-refractivity contribution in [2.45, 2.75) is 19.9 Å². The van der Waals surface area contributed by atoms with Crippen molar-refractivity contribution in [3.63, 3.8) is 0 Å². The van der Waals surface area contributed by atoms with E-state index in [0.717, 1.165) is 0 Å². The highest BCUT2D eigenvalue weighted by atomic mass is 16.4. The molecule has 3 heteroatoms. The summed E-state index contributed by atoms with van der Waals surface area (Å²) in [5.74, 6) is -0.910. The van der Waals surface area contributed by atoms with Gasteiger partial charge in [-0.25, -0.2) is 0 Å². The maximum atomic E-state index is 10.0. The average Bonchev–Trinajstić information content (AvgIpc) is 1.64. The summed E-state index contributed by atoms with van der Waals surface area (Å²) in [6, 6.07) is -0.713. The second kappa shape index (κ2) is 2.67. The third kappa shape index (κ3) is 1.93. The van der Waals surface area contributed by atoms with E-state index in [1.807, 2.05) is 0 Å². The fourth-order valence-electron chi connectivity index (χ4n) is 0.285. The van der Waals surface area contributed by atoms with E-state index in [2.05, 4.69) is 0 Å². The van der Waals surface area contributed by atoms with Crippen molar-refractivity contribution in [1.82, 2.24) is 0 Å². The predicted molar refractivity (Wildman–Crippen MR) is 30.4 cm³/mol. The standard InChI is InChI=1S/C5H11NO2/c1-3(2)4(6)5(7)8/h3-4H,6H2,1-2H3,(H,7,8)/t4-/m0/s1/i1+1,6+1/t3?,4-. The number of hydrogen-bond donors (Lipinski definition) is 2. The maximum absolute atomic E-state index is 10.0. The van der Waals surface area contributed by atoms with E-state index >= 15 is 0 Å². The van der Waals surface area contributed by atoms with Crippen LogP contribution in [0.1, 0.15) is 13.8 Å². The first-order chi connectivity index (χ1) is 3.55. The highest BCUT2D eigenvalue weighted by Crippen LogP contribution is 1.96. The zero-order valence-electron chi connectivity index (χ0n) is 5.09. The lowest BCUT2D eigenvalue weighted by molar-refractivity contribution is -0.139. The highest BCUT2D eigenvalue weighted by molar-refractivity contribution is 5.73. The molecule has 3 N–H and O–H groups in total. The minimum atomic E-state index is -0.931. The average molecular weight is 119 g/mol. The van der Waals surface area contributed by atoms with Crippen molar-refractivity contribution in [2.24, 2.45) is 11.7 Å². The molecule has 0 aromatic heterocycles. The van der Waals surface area contributed by atoms with Crippen molar-refractivity contribution in [2.75, 3.05) is 0 Å². The summed E-state index contributed by atoms with van der Waals surface area (Å²) in [4.78, 5) is 10.0. The van der Waals surface area contributed by atoms with Gasteiger partial charge >= 0.3 is 5.97 Å². The molecule has 0 saturated carbocycles. The Morgan fingerprint density at radius 1 is 1.62 bits per heavy atom. The fourth-order valence-corrected chi connectivity index (χ4v) is 0.285. The third-order valence-electron chi connectivity index (χ3n) is 1.00. The Labute approximate surface area is 48.5 Å². The van der Waals surface area contributed by atoms with Gasteiger partial charge in [-0.2, -0.15) is 0 Å². The van der Waals surface area contributed by atoms with Crippen LogP contribution >= 0.6 is 0 Å². The summed E-state index contributed by atoms with van der Waals surface area (Å²) in [5, 5.41) is 8.23. The maximum Gasteiger partial charge on any atom is 0.320 e. The lowest BCUT2D eigenvalue weighted by atomic mass is 10.2. The monoisotopic (exact) mass is 119 g/mol. The molecular formula is C5H11NO2. The first-order valence-electron chi connectivity index (χ1n) is 2.54. The van der Waals surface area contributed by atoms with Crippen LogP contribution in [0.4, 0.5) is 0 Å². The van der Waals surface area contributed by atoms with Gasteiger partial charge in [0.25, 0.3) is 0 Å². The van der Waals surface area contributed by atoms with Gasteiger partial charge in [0.05, 0.1) is 0 Å². The van der Waals surface area contributed by atoms with Gasteiger partial charge in [-0.05, 0) is 5.92 Å². The molecule has 0 aliphatic rings. The highest BCUT2D eigenvalue weighted by Gasteiger charge is 2.14. The zero-order valence-corrected chi connectivity index (χ0v) is 5.09. The first-order valence-corrected chi connectivity index (χ1v) is 2.54. The Kier molecular flexibility index (Phi) is 2.48. The summed E-state index contributed by atoms with van der Waals surface area (Å²) in [5.41, 5.74) is 5.16. The van der Waals surface area contributed by atoms with Crippen LogP contribution in [-0.2, 0) is 4.79 Å². The number of carboxylic acid groups (broad SMARTS) is 1. The van der Waals surface area contributed by atoms with Crippen molar-refractivity contribution in [1.29, 1.82) is 0 Å². The molecule has 1 unspecified atom stereocenters. The van der Waals surface area contributed by atoms with Crippen molar-refractivity contribution in [3.8, 4) is 0 Å². The van der Waals surface area contributed by atoms with E-state index in [4.69, 9.17) is 10.8 Å². The number of carbonyl (C=O) groups is 1. The molecular weight excluding hydrogens is 108 g/mol. The Morgan fingerprint density at radius 3 is 2.00 bits per heavy atom. The van der Waals surface area contributed by atoms with Crippen LogP contribution in [-0.4, -0.2) is 17.1 Å². The Balaban J connectivity index is 3.64. The summed E-state index contributed by atoms with van der Waals surface area (Å²) in [6.45, 7) is 3.55. The Bertz CT molecular complexity index is 90.4. The molecule has 0 heterocycles. The van der Waals surface area contributed by atoms with Gasteiger partial charge in [0, 0.05) is 0 Å². The molecule has 0 radical (unpaired) electrons. The van der Waals surface area contributed by atoms with E-state index < -0.39 is 12.0 Å². The van der Waals surface area contributed by atoms with Gasteiger partial charge < -0.3 is 10.8 Å². The van der Waals surface area contributed by atoms with Gasteiger partial charge in [-0.15, -0.1) is 0 Å². The summed E-state index contributed by atoms with van der Waals surface area (Å²) >= 11 is 0. The van der Waals surface area contributed by atoms with Crippen molar-refractivity contribution < 1.29 is 9.90 Å². The van der Waals surface area contributed by atoms with Crippen LogP contribution in [0.5, 0.6) is 0 Å². The number of nitrogens with two attached hydrogens (primary N) is 1. The number of carboxylic acids is 1. The second-order valence-electron chi connectivity index (χ2n) is 2.11. The summed E-state index contributed by atoms with van der Waals surface area (Å²) in [7, 11) is 0. The molecule has 0 bridgehead atoms. The van der Waals surface area contributed by atoms with Crippen molar-refractivity contribution >= 4 is 5.97 Å². The molecule has 0 aromatic carbocycles. The van der Waals surface area contributed by atoms with E-state index in [-0.39, 0.29) is 5.92 Å². The molecule has 2 atom stereocenters. The number of aliphatic carboxylic acids is 1. The molecule has 0 aliphatic heterocycles. The van der Waals surface area contributed by atoms with Gasteiger partial charge in [0.15, 0.2) is 0 Å². The summed E-state index contributed by atoms with van der Waals surface area (Å²) < 4.78 is 0. The van der Waals surface area contributed by atoms with Gasteiger partial charge in [-0.1, -0.05) is 13.8 Å². The summed E-state index contributed by atoms with van der Waals surface area (Å²) in [6.07, 6.45) is 0. The van der Waals surface area contributed by atoms with E-state index in [0.29, 0.717) is 0 Å².